The number of rotatable bonds is 1. The molecule has 3 nitrogen and oxygen atoms in total. The maximum absolute atomic E-state index is 9.42. The molecule has 2 aromatic carbocycles. The van der Waals surface area contributed by atoms with E-state index in [0.29, 0.717) is 5.69 Å². The summed E-state index contributed by atoms with van der Waals surface area (Å²) in [4.78, 5) is 0. The van der Waals surface area contributed by atoms with Crippen LogP contribution in [0.25, 0.3) is 11.1 Å². The van der Waals surface area contributed by atoms with E-state index in [-0.39, 0.29) is 11.5 Å². The Labute approximate surface area is 93.8 Å². The number of hydrogen-bond donors (Lipinski definition) is 3. The van der Waals surface area contributed by atoms with Crippen LogP contribution in [0.2, 0.25) is 0 Å². The molecule has 4 N–H and O–H groups in total. The smallest absolute Gasteiger partial charge is 0.138 e. The van der Waals surface area contributed by atoms with Gasteiger partial charge in [-0.3, -0.25) is 0 Å². The number of aryl methyl sites for hydroxylation is 1. The molecule has 0 aliphatic rings. The van der Waals surface area contributed by atoms with Crippen molar-refractivity contribution in [2.45, 2.75) is 6.92 Å². The standard InChI is InChI=1S/C13H13NO2/c1-8-6-9(2-4-12(8)15)10-3-5-13(16)11(14)7-10/h2-7,15-16H,14H2,1H3. The minimum atomic E-state index is 0.0826. The lowest BCUT2D eigenvalue weighted by Gasteiger charge is -2.06. The number of nitrogens with two attached hydrogens (primary N) is 1. The van der Waals surface area contributed by atoms with Gasteiger partial charge in [-0.15, -0.1) is 0 Å². The summed E-state index contributed by atoms with van der Waals surface area (Å²) < 4.78 is 0. The Hall–Kier alpha value is -2.16. The summed E-state index contributed by atoms with van der Waals surface area (Å²) in [6.45, 7) is 1.84. The molecule has 0 spiro atoms. The van der Waals surface area contributed by atoms with E-state index in [4.69, 9.17) is 5.73 Å². The van der Waals surface area contributed by atoms with Crippen molar-refractivity contribution in [3.05, 3.63) is 42.0 Å². The number of anilines is 1. The molecule has 0 unspecified atom stereocenters. The van der Waals surface area contributed by atoms with E-state index >= 15 is 0 Å². The average Bonchev–Trinajstić information content (AvgIpc) is 2.26. The second-order valence-corrected chi connectivity index (χ2v) is 3.77. The van der Waals surface area contributed by atoms with Crippen LogP contribution in [0, 0.1) is 6.92 Å². The molecule has 0 saturated carbocycles. The first-order valence-corrected chi connectivity index (χ1v) is 4.96. The molecule has 0 aliphatic carbocycles. The number of hydrogen-bond acceptors (Lipinski definition) is 3. The highest BCUT2D eigenvalue weighted by Gasteiger charge is 2.03. The molecule has 0 fully saturated rings. The molecule has 0 bridgehead atoms. The van der Waals surface area contributed by atoms with Crippen LogP contribution in [0.15, 0.2) is 36.4 Å². The van der Waals surface area contributed by atoms with Crippen LogP contribution >= 0.6 is 0 Å². The summed E-state index contributed by atoms with van der Waals surface area (Å²) in [5.41, 5.74) is 8.66. The fourth-order valence-electron chi connectivity index (χ4n) is 1.57. The summed E-state index contributed by atoms with van der Waals surface area (Å²) in [6.07, 6.45) is 0. The van der Waals surface area contributed by atoms with Gasteiger partial charge < -0.3 is 15.9 Å². The SMILES string of the molecule is Cc1cc(-c2ccc(O)c(N)c2)ccc1O. The second-order valence-electron chi connectivity index (χ2n) is 3.77. The molecule has 0 aromatic heterocycles. The van der Waals surface area contributed by atoms with E-state index in [9.17, 15) is 10.2 Å². The third kappa shape index (κ3) is 1.80. The van der Waals surface area contributed by atoms with Gasteiger partial charge in [0.05, 0.1) is 5.69 Å². The number of aromatic hydroxyl groups is 2. The van der Waals surface area contributed by atoms with E-state index in [1.165, 1.54) is 0 Å². The molecule has 16 heavy (non-hydrogen) atoms. The minimum absolute atomic E-state index is 0.0826. The van der Waals surface area contributed by atoms with Crippen molar-refractivity contribution in [2.75, 3.05) is 5.73 Å². The monoisotopic (exact) mass is 215 g/mol. The molecule has 0 atom stereocenters. The molecule has 0 aliphatic heterocycles. The van der Waals surface area contributed by atoms with Gasteiger partial charge in [0.15, 0.2) is 0 Å². The lowest BCUT2D eigenvalue weighted by atomic mass is 10.0. The van der Waals surface area contributed by atoms with Gasteiger partial charge in [0.1, 0.15) is 11.5 Å². The van der Waals surface area contributed by atoms with Crippen molar-refractivity contribution in [3.8, 4) is 22.6 Å². The molecule has 0 radical (unpaired) electrons. The highest BCUT2D eigenvalue weighted by Crippen LogP contribution is 2.29. The van der Waals surface area contributed by atoms with Crippen LogP contribution in [0.4, 0.5) is 5.69 Å². The molecule has 2 aromatic rings. The summed E-state index contributed by atoms with van der Waals surface area (Å²) in [5.74, 6) is 0.356. The van der Waals surface area contributed by atoms with Crippen LogP contribution in [0.3, 0.4) is 0 Å². The van der Waals surface area contributed by atoms with Gasteiger partial charge in [-0.2, -0.15) is 0 Å². The minimum Gasteiger partial charge on any atom is -0.508 e. The molecular weight excluding hydrogens is 202 g/mol. The maximum atomic E-state index is 9.42. The zero-order chi connectivity index (χ0) is 11.7. The third-order valence-corrected chi connectivity index (χ3v) is 2.56. The predicted molar refractivity (Wildman–Crippen MR) is 64.4 cm³/mol. The average molecular weight is 215 g/mol. The maximum Gasteiger partial charge on any atom is 0.138 e. The summed E-state index contributed by atoms with van der Waals surface area (Å²) in [6, 6.07) is 10.4. The van der Waals surface area contributed by atoms with Crippen molar-refractivity contribution in [2.24, 2.45) is 0 Å². The molecule has 2 rings (SSSR count). The van der Waals surface area contributed by atoms with Gasteiger partial charge in [0, 0.05) is 0 Å². The Balaban J connectivity index is 2.50. The van der Waals surface area contributed by atoms with E-state index < -0.39 is 0 Å². The van der Waals surface area contributed by atoms with E-state index in [2.05, 4.69) is 0 Å². The summed E-state index contributed by atoms with van der Waals surface area (Å²) >= 11 is 0. The highest BCUT2D eigenvalue weighted by atomic mass is 16.3. The Kier molecular flexibility index (Phi) is 2.44. The number of nitrogen functional groups attached to an aromatic ring is 1. The van der Waals surface area contributed by atoms with Crippen LogP contribution in [0.1, 0.15) is 5.56 Å². The summed E-state index contributed by atoms with van der Waals surface area (Å²) in [5, 5.41) is 18.7. The Morgan fingerprint density at radius 3 is 2.00 bits per heavy atom. The predicted octanol–water partition coefficient (Wildman–Crippen LogP) is 2.66. The molecule has 0 amide bonds. The van der Waals surface area contributed by atoms with E-state index in [1.807, 2.05) is 19.1 Å². The van der Waals surface area contributed by atoms with Crippen molar-refractivity contribution in [1.82, 2.24) is 0 Å². The fraction of sp³-hybridized carbons (Fsp3) is 0.0769. The van der Waals surface area contributed by atoms with Crippen molar-refractivity contribution >= 4 is 5.69 Å². The summed E-state index contributed by atoms with van der Waals surface area (Å²) in [7, 11) is 0. The molecule has 3 heteroatoms. The van der Waals surface area contributed by atoms with Crippen LogP contribution in [0.5, 0.6) is 11.5 Å². The number of benzene rings is 2. The lowest BCUT2D eigenvalue weighted by Crippen LogP contribution is -1.87. The van der Waals surface area contributed by atoms with Crippen molar-refractivity contribution in [1.29, 1.82) is 0 Å². The zero-order valence-corrected chi connectivity index (χ0v) is 8.94. The molecule has 0 saturated heterocycles. The van der Waals surface area contributed by atoms with E-state index in [0.717, 1.165) is 16.7 Å². The normalized spacial score (nSPS) is 10.3. The number of phenols is 2. The molecule has 82 valence electrons. The topological polar surface area (TPSA) is 66.5 Å². The first-order valence-electron chi connectivity index (χ1n) is 4.96. The molecule has 0 heterocycles. The van der Waals surface area contributed by atoms with Crippen molar-refractivity contribution < 1.29 is 10.2 Å². The van der Waals surface area contributed by atoms with Gasteiger partial charge in [0.25, 0.3) is 0 Å². The Morgan fingerprint density at radius 1 is 0.875 bits per heavy atom. The van der Waals surface area contributed by atoms with Crippen LogP contribution in [-0.2, 0) is 0 Å². The van der Waals surface area contributed by atoms with Gasteiger partial charge in [-0.05, 0) is 47.9 Å². The quantitative estimate of drug-likeness (QED) is 0.506. The largest absolute Gasteiger partial charge is 0.508 e. The molecular formula is C13H13NO2. The second kappa shape index (κ2) is 3.77. The van der Waals surface area contributed by atoms with Gasteiger partial charge in [0.2, 0.25) is 0 Å². The third-order valence-electron chi connectivity index (χ3n) is 2.56. The zero-order valence-electron chi connectivity index (χ0n) is 8.94. The fourth-order valence-corrected chi connectivity index (χ4v) is 1.57. The highest BCUT2D eigenvalue weighted by molar-refractivity contribution is 5.71. The van der Waals surface area contributed by atoms with Gasteiger partial charge in [-0.1, -0.05) is 12.1 Å². The van der Waals surface area contributed by atoms with Gasteiger partial charge in [-0.25, -0.2) is 0 Å². The lowest BCUT2D eigenvalue weighted by molar-refractivity contribution is 0.471. The Morgan fingerprint density at radius 2 is 1.44 bits per heavy atom. The number of phenolic OH excluding ortho intramolecular Hbond substituents is 2. The first-order chi connectivity index (χ1) is 7.58. The van der Waals surface area contributed by atoms with Crippen LogP contribution < -0.4 is 5.73 Å². The first kappa shape index (κ1) is 10.4. The van der Waals surface area contributed by atoms with Gasteiger partial charge >= 0.3 is 0 Å². The van der Waals surface area contributed by atoms with Crippen molar-refractivity contribution in [3.63, 3.8) is 0 Å². The van der Waals surface area contributed by atoms with Crippen LogP contribution in [-0.4, -0.2) is 10.2 Å². The van der Waals surface area contributed by atoms with E-state index in [1.54, 1.807) is 24.3 Å². The Bertz CT molecular complexity index is 486.